The summed E-state index contributed by atoms with van der Waals surface area (Å²) in [6, 6.07) is 0. The number of ether oxygens (including phenoxy) is 1. The predicted octanol–water partition coefficient (Wildman–Crippen LogP) is 3.32. The average molecular weight is 251 g/mol. The van der Waals surface area contributed by atoms with Crippen molar-refractivity contribution in [3.8, 4) is 0 Å². The van der Waals surface area contributed by atoms with Gasteiger partial charge in [-0.1, -0.05) is 13.8 Å². The SMILES string of the molecule is CCOC(=O)c1oc(CCC(C)C)nc1C1CC1. The minimum absolute atomic E-state index is 0.332. The Morgan fingerprint density at radius 3 is 2.78 bits per heavy atom. The molecule has 2 rings (SSSR count). The van der Waals surface area contributed by atoms with Crippen molar-refractivity contribution in [2.24, 2.45) is 5.92 Å². The third kappa shape index (κ3) is 3.12. The van der Waals surface area contributed by atoms with Crippen molar-refractivity contribution in [2.45, 2.75) is 52.4 Å². The fourth-order valence-electron chi connectivity index (χ4n) is 1.87. The Morgan fingerprint density at radius 1 is 1.50 bits per heavy atom. The van der Waals surface area contributed by atoms with Crippen LogP contribution >= 0.6 is 0 Å². The van der Waals surface area contributed by atoms with E-state index in [4.69, 9.17) is 9.15 Å². The van der Waals surface area contributed by atoms with Gasteiger partial charge in [-0.2, -0.15) is 0 Å². The molecule has 1 heterocycles. The second-order valence-electron chi connectivity index (χ2n) is 5.25. The van der Waals surface area contributed by atoms with E-state index in [1.165, 1.54) is 0 Å². The highest BCUT2D eigenvalue weighted by atomic mass is 16.5. The zero-order valence-corrected chi connectivity index (χ0v) is 11.4. The van der Waals surface area contributed by atoms with Gasteiger partial charge >= 0.3 is 5.97 Å². The molecule has 1 aromatic heterocycles. The number of oxazole rings is 1. The van der Waals surface area contributed by atoms with Crippen molar-refractivity contribution in [1.29, 1.82) is 0 Å². The second kappa shape index (κ2) is 5.55. The number of esters is 1. The lowest BCUT2D eigenvalue weighted by Gasteiger charge is -2.00. The number of aryl methyl sites for hydroxylation is 1. The molecule has 0 spiro atoms. The summed E-state index contributed by atoms with van der Waals surface area (Å²) in [7, 11) is 0. The van der Waals surface area contributed by atoms with Crippen LogP contribution in [0.3, 0.4) is 0 Å². The Hall–Kier alpha value is -1.32. The number of rotatable bonds is 6. The van der Waals surface area contributed by atoms with Gasteiger partial charge in [0.25, 0.3) is 0 Å². The van der Waals surface area contributed by atoms with Crippen molar-refractivity contribution in [2.75, 3.05) is 6.61 Å². The van der Waals surface area contributed by atoms with Crippen LogP contribution in [0.1, 0.15) is 68.1 Å². The van der Waals surface area contributed by atoms with Crippen LogP contribution in [-0.4, -0.2) is 17.6 Å². The van der Waals surface area contributed by atoms with E-state index in [0.717, 1.165) is 31.4 Å². The quantitative estimate of drug-likeness (QED) is 0.728. The molecule has 0 aliphatic heterocycles. The van der Waals surface area contributed by atoms with Crippen LogP contribution in [0.2, 0.25) is 0 Å². The lowest BCUT2D eigenvalue weighted by atomic mass is 10.1. The van der Waals surface area contributed by atoms with Crippen LogP contribution in [-0.2, 0) is 11.2 Å². The van der Waals surface area contributed by atoms with Crippen molar-refractivity contribution in [1.82, 2.24) is 4.98 Å². The Morgan fingerprint density at radius 2 is 2.22 bits per heavy atom. The molecule has 0 saturated heterocycles. The van der Waals surface area contributed by atoms with E-state index in [1.54, 1.807) is 6.92 Å². The zero-order chi connectivity index (χ0) is 13.1. The summed E-state index contributed by atoms with van der Waals surface area (Å²) in [6.07, 6.45) is 4.01. The van der Waals surface area contributed by atoms with E-state index in [1.807, 2.05) is 0 Å². The van der Waals surface area contributed by atoms with E-state index < -0.39 is 0 Å². The molecule has 1 aliphatic rings. The Kier molecular flexibility index (Phi) is 4.04. The lowest BCUT2D eigenvalue weighted by molar-refractivity contribution is 0.0486. The molecule has 1 aliphatic carbocycles. The van der Waals surface area contributed by atoms with E-state index in [9.17, 15) is 4.79 Å². The number of aromatic nitrogens is 1. The van der Waals surface area contributed by atoms with Gasteiger partial charge in [0.05, 0.1) is 12.3 Å². The lowest BCUT2D eigenvalue weighted by Crippen LogP contribution is -2.05. The minimum Gasteiger partial charge on any atom is -0.460 e. The first kappa shape index (κ1) is 13.1. The van der Waals surface area contributed by atoms with Gasteiger partial charge in [0.15, 0.2) is 5.89 Å². The molecule has 0 radical (unpaired) electrons. The van der Waals surface area contributed by atoms with Crippen LogP contribution in [0, 0.1) is 5.92 Å². The van der Waals surface area contributed by atoms with Gasteiger partial charge in [0, 0.05) is 12.3 Å². The molecule has 1 fully saturated rings. The third-order valence-corrected chi connectivity index (χ3v) is 3.06. The molecule has 4 nitrogen and oxygen atoms in total. The van der Waals surface area contributed by atoms with Crippen LogP contribution in [0.15, 0.2) is 4.42 Å². The second-order valence-corrected chi connectivity index (χ2v) is 5.25. The summed E-state index contributed by atoms with van der Waals surface area (Å²) in [5.41, 5.74) is 0.812. The summed E-state index contributed by atoms with van der Waals surface area (Å²) < 4.78 is 10.6. The highest BCUT2D eigenvalue weighted by molar-refractivity contribution is 5.87. The number of nitrogens with zero attached hydrogens (tertiary/aromatic N) is 1. The molecule has 0 atom stereocenters. The van der Waals surface area contributed by atoms with E-state index in [2.05, 4.69) is 18.8 Å². The molecular formula is C14H21NO3. The van der Waals surface area contributed by atoms with Crippen LogP contribution in [0.4, 0.5) is 0 Å². The van der Waals surface area contributed by atoms with Gasteiger partial charge in [-0.15, -0.1) is 0 Å². The maximum Gasteiger partial charge on any atom is 0.376 e. The minimum atomic E-state index is -0.373. The number of carbonyl (C=O) groups excluding carboxylic acids is 1. The van der Waals surface area contributed by atoms with Crippen molar-refractivity contribution in [3.63, 3.8) is 0 Å². The Balaban J connectivity index is 2.13. The molecule has 0 unspecified atom stereocenters. The molecule has 0 N–H and O–H groups in total. The van der Waals surface area contributed by atoms with Crippen molar-refractivity contribution < 1.29 is 13.9 Å². The molecule has 1 saturated carbocycles. The molecule has 4 heteroatoms. The van der Waals surface area contributed by atoms with Crippen LogP contribution in [0.5, 0.6) is 0 Å². The van der Waals surface area contributed by atoms with E-state index in [-0.39, 0.29) is 5.97 Å². The van der Waals surface area contributed by atoms with Crippen molar-refractivity contribution in [3.05, 3.63) is 17.3 Å². The number of hydrogen-bond donors (Lipinski definition) is 0. The first-order chi connectivity index (χ1) is 8.61. The highest BCUT2D eigenvalue weighted by Gasteiger charge is 2.34. The molecule has 18 heavy (non-hydrogen) atoms. The molecule has 1 aromatic rings. The molecule has 0 aromatic carbocycles. The Labute approximate surface area is 108 Å². The van der Waals surface area contributed by atoms with Gasteiger partial charge in [0.2, 0.25) is 5.76 Å². The summed E-state index contributed by atoms with van der Waals surface area (Å²) in [5.74, 6) is 1.64. The van der Waals surface area contributed by atoms with E-state index >= 15 is 0 Å². The summed E-state index contributed by atoms with van der Waals surface area (Å²) in [4.78, 5) is 16.3. The maximum absolute atomic E-state index is 11.8. The summed E-state index contributed by atoms with van der Waals surface area (Å²) in [6.45, 7) is 6.49. The summed E-state index contributed by atoms with van der Waals surface area (Å²) >= 11 is 0. The molecule has 100 valence electrons. The topological polar surface area (TPSA) is 52.3 Å². The standard InChI is InChI=1S/C14H21NO3/c1-4-17-14(16)13-12(10-6-7-10)15-11(18-13)8-5-9(2)3/h9-10H,4-8H2,1-3H3. The smallest absolute Gasteiger partial charge is 0.376 e. The molecule has 0 amide bonds. The maximum atomic E-state index is 11.8. The molecular weight excluding hydrogens is 230 g/mol. The monoisotopic (exact) mass is 251 g/mol. The normalized spacial score (nSPS) is 15.1. The number of carbonyl (C=O) groups is 1. The molecule has 0 bridgehead atoms. The number of hydrogen-bond acceptors (Lipinski definition) is 4. The van der Waals surface area contributed by atoms with Gasteiger partial charge < -0.3 is 9.15 Å². The largest absolute Gasteiger partial charge is 0.460 e. The first-order valence-corrected chi connectivity index (χ1v) is 6.78. The Bertz CT molecular complexity index is 419. The first-order valence-electron chi connectivity index (χ1n) is 6.78. The zero-order valence-electron chi connectivity index (χ0n) is 11.4. The highest BCUT2D eigenvalue weighted by Crippen LogP contribution is 2.41. The van der Waals surface area contributed by atoms with Gasteiger partial charge in [-0.3, -0.25) is 0 Å². The van der Waals surface area contributed by atoms with Gasteiger partial charge in [-0.05, 0) is 32.1 Å². The van der Waals surface area contributed by atoms with Gasteiger partial charge in [-0.25, -0.2) is 9.78 Å². The van der Waals surface area contributed by atoms with Crippen LogP contribution in [0.25, 0.3) is 0 Å². The average Bonchev–Trinajstić information content (AvgIpc) is 3.07. The fraction of sp³-hybridized carbons (Fsp3) is 0.714. The van der Waals surface area contributed by atoms with E-state index in [0.29, 0.717) is 30.1 Å². The third-order valence-electron chi connectivity index (χ3n) is 3.06. The van der Waals surface area contributed by atoms with Gasteiger partial charge in [0.1, 0.15) is 0 Å². The van der Waals surface area contributed by atoms with Crippen molar-refractivity contribution >= 4 is 5.97 Å². The summed E-state index contributed by atoms with van der Waals surface area (Å²) in [5, 5.41) is 0. The fourth-order valence-corrected chi connectivity index (χ4v) is 1.87. The van der Waals surface area contributed by atoms with Crippen LogP contribution < -0.4 is 0 Å². The predicted molar refractivity (Wildman–Crippen MR) is 67.6 cm³/mol.